The molecule has 2 aromatic rings. The van der Waals surface area contributed by atoms with Crippen molar-refractivity contribution >= 4 is 17.3 Å². The van der Waals surface area contributed by atoms with E-state index in [1.54, 1.807) is 7.11 Å². The van der Waals surface area contributed by atoms with Gasteiger partial charge in [-0.3, -0.25) is 9.88 Å². The number of thiocarbonyl (C=S) groups is 1. The molecule has 1 N–H and O–H groups in total. The van der Waals surface area contributed by atoms with Crippen molar-refractivity contribution in [3.05, 3.63) is 53.1 Å². The monoisotopic (exact) mass is 457 g/mol. The van der Waals surface area contributed by atoms with Gasteiger partial charge in [-0.2, -0.15) is 0 Å². The van der Waals surface area contributed by atoms with E-state index in [1.807, 2.05) is 18.3 Å². The first-order valence-corrected chi connectivity index (χ1v) is 11.9. The second-order valence-electron chi connectivity index (χ2n) is 8.60. The van der Waals surface area contributed by atoms with Gasteiger partial charge in [-0.1, -0.05) is 6.07 Å². The third-order valence-corrected chi connectivity index (χ3v) is 6.98. The summed E-state index contributed by atoms with van der Waals surface area (Å²) in [7, 11) is 1.73. The highest BCUT2D eigenvalue weighted by Crippen LogP contribution is 2.40. The van der Waals surface area contributed by atoms with Crippen molar-refractivity contribution in [2.75, 3.05) is 53.1 Å². The van der Waals surface area contributed by atoms with Gasteiger partial charge < -0.3 is 24.3 Å². The normalized spacial score (nSPS) is 21.8. The molecule has 0 saturated carbocycles. The van der Waals surface area contributed by atoms with Gasteiger partial charge in [0.1, 0.15) is 0 Å². The van der Waals surface area contributed by atoms with Gasteiger partial charge in [0, 0.05) is 57.4 Å². The fraction of sp³-hybridized carbons (Fsp3) is 0.583. The minimum absolute atomic E-state index is 0.0165. The Morgan fingerprint density at radius 2 is 2.00 bits per heavy atom. The van der Waals surface area contributed by atoms with E-state index in [2.05, 4.69) is 50.6 Å². The van der Waals surface area contributed by atoms with Crippen LogP contribution in [0.5, 0.6) is 0 Å². The highest BCUT2D eigenvalue weighted by atomic mass is 32.1. The Morgan fingerprint density at radius 1 is 1.19 bits per heavy atom. The van der Waals surface area contributed by atoms with E-state index in [0.29, 0.717) is 6.61 Å². The SMILES string of the molecule is COCCN1C(=S)N[C@@H](c2ccccn2)[C@H]1c1cc(C)n(CCCN2CCOCC2)c1C. The lowest BCUT2D eigenvalue weighted by atomic mass is 9.97. The Labute approximate surface area is 196 Å². The van der Waals surface area contributed by atoms with Crippen molar-refractivity contribution in [1.29, 1.82) is 0 Å². The molecule has 174 valence electrons. The molecule has 0 unspecified atom stereocenters. The molecular formula is C24H35N5O2S. The Bertz CT molecular complexity index is 897. The number of methoxy groups -OCH3 is 1. The van der Waals surface area contributed by atoms with Crippen molar-refractivity contribution in [2.24, 2.45) is 0 Å². The summed E-state index contributed by atoms with van der Waals surface area (Å²) in [5.74, 6) is 0. The van der Waals surface area contributed by atoms with Crippen LogP contribution in [0.1, 0.15) is 41.1 Å². The van der Waals surface area contributed by atoms with Gasteiger partial charge in [0.2, 0.25) is 0 Å². The van der Waals surface area contributed by atoms with Crippen molar-refractivity contribution in [3.63, 3.8) is 0 Å². The third kappa shape index (κ3) is 4.98. The van der Waals surface area contributed by atoms with Crippen molar-refractivity contribution in [3.8, 4) is 0 Å². The Kier molecular flexibility index (Phi) is 7.78. The predicted molar refractivity (Wildman–Crippen MR) is 130 cm³/mol. The molecule has 2 atom stereocenters. The van der Waals surface area contributed by atoms with Crippen LogP contribution in [-0.2, 0) is 16.0 Å². The largest absolute Gasteiger partial charge is 0.383 e. The standard InChI is InChI=1S/C24H35N5O2S/c1-18-17-20(19(2)28(18)10-6-9-27-11-15-31-16-12-27)23-22(21-7-4-5-8-25-21)26-24(32)29(23)13-14-30-3/h4-5,7-8,17,22-23H,6,9-16H2,1-3H3,(H,26,32)/t22-,23+/m0/s1. The second kappa shape index (κ2) is 10.7. The average molecular weight is 458 g/mol. The molecule has 2 aliphatic rings. The van der Waals surface area contributed by atoms with E-state index < -0.39 is 0 Å². The van der Waals surface area contributed by atoms with E-state index in [1.165, 1.54) is 17.0 Å². The van der Waals surface area contributed by atoms with Crippen LogP contribution in [-0.4, -0.2) is 77.6 Å². The number of aryl methyl sites for hydroxylation is 1. The van der Waals surface area contributed by atoms with E-state index >= 15 is 0 Å². The highest BCUT2D eigenvalue weighted by Gasteiger charge is 2.41. The molecule has 0 bridgehead atoms. The number of hydrogen-bond acceptors (Lipinski definition) is 5. The summed E-state index contributed by atoms with van der Waals surface area (Å²) in [6, 6.07) is 8.51. The van der Waals surface area contributed by atoms with E-state index in [0.717, 1.165) is 63.2 Å². The smallest absolute Gasteiger partial charge is 0.170 e. The van der Waals surface area contributed by atoms with E-state index in [-0.39, 0.29) is 12.1 Å². The van der Waals surface area contributed by atoms with Crippen molar-refractivity contribution in [2.45, 2.75) is 38.9 Å². The molecular weight excluding hydrogens is 422 g/mol. The maximum Gasteiger partial charge on any atom is 0.170 e. The van der Waals surface area contributed by atoms with Gasteiger partial charge in [0.15, 0.2) is 5.11 Å². The summed E-state index contributed by atoms with van der Waals surface area (Å²) >= 11 is 5.74. The van der Waals surface area contributed by atoms with Gasteiger partial charge in [0.05, 0.1) is 37.6 Å². The van der Waals surface area contributed by atoms with E-state index in [4.69, 9.17) is 21.7 Å². The van der Waals surface area contributed by atoms with Gasteiger partial charge in [-0.05, 0) is 56.2 Å². The highest BCUT2D eigenvalue weighted by molar-refractivity contribution is 7.80. The molecule has 0 radical (unpaired) electrons. The number of ether oxygens (including phenoxy) is 2. The van der Waals surface area contributed by atoms with Crippen LogP contribution >= 0.6 is 12.2 Å². The number of aromatic nitrogens is 2. The van der Waals surface area contributed by atoms with Crippen LogP contribution in [0.15, 0.2) is 30.5 Å². The van der Waals surface area contributed by atoms with Crippen LogP contribution in [0.2, 0.25) is 0 Å². The first-order valence-electron chi connectivity index (χ1n) is 11.5. The predicted octanol–water partition coefficient (Wildman–Crippen LogP) is 2.84. The summed E-state index contributed by atoms with van der Waals surface area (Å²) in [4.78, 5) is 9.41. The fourth-order valence-corrected chi connectivity index (χ4v) is 5.25. The Morgan fingerprint density at radius 3 is 2.72 bits per heavy atom. The van der Waals surface area contributed by atoms with Crippen LogP contribution in [0.3, 0.4) is 0 Å². The molecule has 4 heterocycles. The molecule has 2 saturated heterocycles. The molecule has 0 amide bonds. The summed E-state index contributed by atoms with van der Waals surface area (Å²) < 4.78 is 13.3. The first kappa shape index (κ1) is 23.2. The minimum Gasteiger partial charge on any atom is -0.383 e. The lowest BCUT2D eigenvalue weighted by Gasteiger charge is -2.28. The molecule has 7 nitrogen and oxygen atoms in total. The molecule has 4 rings (SSSR count). The maximum absolute atomic E-state index is 5.74. The summed E-state index contributed by atoms with van der Waals surface area (Å²) in [6.45, 7) is 11.7. The van der Waals surface area contributed by atoms with Gasteiger partial charge in [0.25, 0.3) is 0 Å². The van der Waals surface area contributed by atoms with Crippen LogP contribution in [0.25, 0.3) is 0 Å². The summed E-state index contributed by atoms with van der Waals surface area (Å²) in [6.07, 6.45) is 2.98. The molecule has 0 spiro atoms. The molecule has 0 aromatic carbocycles. The molecule has 2 fully saturated rings. The number of rotatable bonds is 9. The van der Waals surface area contributed by atoms with Crippen molar-refractivity contribution < 1.29 is 9.47 Å². The molecule has 8 heteroatoms. The topological polar surface area (TPSA) is 54.8 Å². The van der Waals surface area contributed by atoms with Gasteiger partial charge >= 0.3 is 0 Å². The lowest BCUT2D eigenvalue weighted by Crippen LogP contribution is -2.37. The Hall–Kier alpha value is -2.00. The third-order valence-electron chi connectivity index (χ3n) is 6.63. The summed E-state index contributed by atoms with van der Waals surface area (Å²) in [5, 5.41) is 4.30. The van der Waals surface area contributed by atoms with Crippen LogP contribution in [0, 0.1) is 13.8 Å². The molecule has 0 aliphatic carbocycles. The fourth-order valence-electron chi connectivity index (χ4n) is 4.92. The second-order valence-corrected chi connectivity index (χ2v) is 8.99. The van der Waals surface area contributed by atoms with Crippen LogP contribution < -0.4 is 5.32 Å². The average Bonchev–Trinajstić information content (AvgIpc) is 3.29. The number of hydrogen-bond donors (Lipinski definition) is 1. The zero-order chi connectivity index (χ0) is 22.5. The van der Waals surface area contributed by atoms with Crippen LogP contribution in [0.4, 0.5) is 0 Å². The molecule has 32 heavy (non-hydrogen) atoms. The number of pyridine rings is 1. The zero-order valence-corrected chi connectivity index (χ0v) is 20.2. The number of nitrogens with one attached hydrogen (secondary N) is 1. The van der Waals surface area contributed by atoms with Gasteiger partial charge in [-0.25, -0.2) is 0 Å². The first-order chi connectivity index (χ1) is 15.6. The quantitative estimate of drug-likeness (QED) is 0.581. The minimum atomic E-state index is 0.0165. The van der Waals surface area contributed by atoms with Gasteiger partial charge in [-0.15, -0.1) is 0 Å². The Balaban J connectivity index is 1.56. The number of nitrogens with zero attached hydrogens (tertiary/aromatic N) is 4. The zero-order valence-electron chi connectivity index (χ0n) is 19.4. The molecule has 2 aromatic heterocycles. The summed E-state index contributed by atoms with van der Waals surface area (Å²) in [5.41, 5.74) is 4.93. The lowest BCUT2D eigenvalue weighted by molar-refractivity contribution is 0.0369. The van der Waals surface area contributed by atoms with E-state index in [9.17, 15) is 0 Å². The molecule has 2 aliphatic heterocycles. The van der Waals surface area contributed by atoms with Crippen molar-refractivity contribution in [1.82, 2.24) is 24.7 Å². The number of morpholine rings is 1. The maximum atomic E-state index is 5.74.